The molecule has 0 aliphatic heterocycles. The molecule has 0 aliphatic rings. The van der Waals surface area contributed by atoms with Gasteiger partial charge in [-0.1, -0.05) is 23.9 Å². The summed E-state index contributed by atoms with van der Waals surface area (Å²) in [5.41, 5.74) is 0. The molecule has 9 heteroatoms. The molecule has 1 aromatic carbocycles. The molecule has 1 amide bonds. The van der Waals surface area contributed by atoms with Crippen molar-refractivity contribution < 1.29 is 18.7 Å². The summed E-state index contributed by atoms with van der Waals surface area (Å²) in [5.74, 6) is 0.137. The summed E-state index contributed by atoms with van der Waals surface area (Å²) >= 11 is 1.29. The first-order valence-corrected chi connectivity index (χ1v) is 9.04. The third-order valence-corrected chi connectivity index (χ3v) is 4.73. The summed E-state index contributed by atoms with van der Waals surface area (Å²) in [5, 5.41) is 11.2. The Kier molecular flexibility index (Phi) is 7.40. The zero-order chi connectivity index (χ0) is 19.1. The van der Waals surface area contributed by atoms with E-state index in [2.05, 4.69) is 15.5 Å². The number of para-hydroxylation sites is 1. The highest BCUT2D eigenvalue weighted by atomic mass is 32.2. The van der Waals surface area contributed by atoms with Crippen LogP contribution in [0.15, 0.2) is 29.4 Å². The van der Waals surface area contributed by atoms with Crippen LogP contribution in [0.5, 0.6) is 5.75 Å². The van der Waals surface area contributed by atoms with Crippen molar-refractivity contribution in [2.24, 2.45) is 0 Å². The van der Waals surface area contributed by atoms with E-state index in [9.17, 15) is 9.18 Å². The molecule has 7 nitrogen and oxygen atoms in total. The topological polar surface area (TPSA) is 78.3 Å². The van der Waals surface area contributed by atoms with Crippen LogP contribution in [-0.4, -0.2) is 46.7 Å². The predicted molar refractivity (Wildman–Crippen MR) is 96.7 cm³/mol. The first kappa shape index (κ1) is 20.2. The molecule has 0 saturated carbocycles. The number of halogens is 1. The van der Waals surface area contributed by atoms with Crippen molar-refractivity contribution in [3.8, 4) is 5.75 Å². The second-order valence-corrected chi connectivity index (χ2v) is 6.97. The quantitative estimate of drug-likeness (QED) is 0.671. The number of benzene rings is 1. The minimum Gasteiger partial charge on any atom is -0.483 e. The fraction of sp³-hybridized carbons (Fsp3) is 0.471. The molecular formula is C17H23FN4O3S. The van der Waals surface area contributed by atoms with E-state index in [4.69, 9.17) is 9.47 Å². The summed E-state index contributed by atoms with van der Waals surface area (Å²) < 4.78 is 26.4. The second kappa shape index (κ2) is 9.54. The van der Waals surface area contributed by atoms with Crippen molar-refractivity contribution >= 4 is 17.7 Å². The summed E-state index contributed by atoms with van der Waals surface area (Å²) in [4.78, 5) is 11.8. The molecule has 1 N–H and O–H groups in total. The molecule has 2 rings (SSSR count). The van der Waals surface area contributed by atoms with Crippen LogP contribution in [-0.2, 0) is 16.1 Å². The van der Waals surface area contributed by atoms with Crippen molar-refractivity contribution in [3.63, 3.8) is 0 Å². The highest BCUT2D eigenvalue weighted by molar-refractivity contribution is 8.00. The van der Waals surface area contributed by atoms with Crippen LogP contribution >= 0.6 is 11.8 Å². The standard InChI is InChI=1S/C17H23FN4O3S/c1-11(9-24-4)22-15(10-25-14-8-6-5-7-13(14)18)20-21-17(22)26-12(2)16(23)19-3/h5-8,11-12H,9-10H2,1-4H3,(H,19,23)/t11-,12-/m0/s1. The van der Waals surface area contributed by atoms with Gasteiger partial charge in [0.15, 0.2) is 22.5 Å². The number of methoxy groups -OCH3 is 1. The molecule has 0 radical (unpaired) electrons. The first-order valence-electron chi connectivity index (χ1n) is 8.16. The molecular weight excluding hydrogens is 359 g/mol. The first-order chi connectivity index (χ1) is 12.5. The van der Waals surface area contributed by atoms with Gasteiger partial charge in [-0.25, -0.2) is 4.39 Å². The van der Waals surface area contributed by atoms with E-state index in [1.54, 1.807) is 39.3 Å². The molecule has 26 heavy (non-hydrogen) atoms. The van der Waals surface area contributed by atoms with Crippen LogP contribution in [0.3, 0.4) is 0 Å². The van der Waals surface area contributed by atoms with Crippen LogP contribution in [0.25, 0.3) is 0 Å². The van der Waals surface area contributed by atoms with Gasteiger partial charge < -0.3 is 14.8 Å². The average molecular weight is 382 g/mol. The number of amides is 1. The normalized spacial score (nSPS) is 13.3. The smallest absolute Gasteiger partial charge is 0.233 e. The van der Waals surface area contributed by atoms with Gasteiger partial charge in [0.25, 0.3) is 0 Å². The van der Waals surface area contributed by atoms with Crippen molar-refractivity contribution in [3.05, 3.63) is 35.9 Å². The van der Waals surface area contributed by atoms with Gasteiger partial charge in [-0.2, -0.15) is 0 Å². The summed E-state index contributed by atoms with van der Waals surface area (Å²) in [6, 6.07) is 6.11. The van der Waals surface area contributed by atoms with E-state index in [0.717, 1.165) is 0 Å². The van der Waals surface area contributed by atoms with Gasteiger partial charge >= 0.3 is 0 Å². The lowest BCUT2D eigenvalue weighted by Crippen LogP contribution is -2.27. The number of carbonyl (C=O) groups excluding carboxylic acids is 1. The molecule has 0 saturated heterocycles. The lowest BCUT2D eigenvalue weighted by Gasteiger charge is -2.18. The van der Waals surface area contributed by atoms with Gasteiger partial charge in [0.05, 0.1) is 17.9 Å². The lowest BCUT2D eigenvalue weighted by atomic mass is 10.3. The monoisotopic (exact) mass is 382 g/mol. The molecule has 1 heterocycles. The van der Waals surface area contributed by atoms with Gasteiger partial charge in [-0.05, 0) is 26.0 Å². The van der Waals surface area contributed by atoms with E-state index < -0.39 is 5.82 Å². The minimum absolute atomic E-state index is 0.0525. The average Bonchev–Trinajstić information content (AvgIpc) is 3.03. The molecule has 2 atom stereocenters. The zero-order valence-corrected chi connectivity index (χ0v) is 16.0. The Morgan fingerprint density at radius 2 is 2.08 bits per heavy atom. The number of carbonyl (C=O) groups is 1. The van der Waals surface area contributed by atoms with Crippen molar-refractivity contribution in [2.75, 3.05) is 20.8 Å². The summed E-state index contributed by atoms with van der Waals surface area (Å²) in [6.45, 7) is 4.23. The van der Waals surface area contributed by atoms with Gasteiger partial charge in [-0.3, -0.25) is 9.36 Å². The SMILES string of the molecule is CNC(=O)[C@H](C)Sc1nnc(COc2ccccc2F)n1[C@@H](C)COC. The Bertz CT molecular complexity index is 741. The summed E-state index contributed by atoms with van der Waals surface area (Å²) in [6.07, 6.45) is 0. The third kappa shape index (κ3) is 4.95. The maximum Gasteiger partial charge on any atom is 0.233 e. The number of hydrogen-bond acceptors (Lipinski definition) is 6. The highest BCUT2D eigenvalue weighted by Crippen LogP contribution is 2.26. The van der Waals surface area contributed by atoms with Crippen LogP contribution in [0.4, 0.5) is 4.39 Å². The van der Waals surface area contributed by atoms with E-state index in [1.165, 1.54) is 17.8 Å². The molecule has 0 bridgehead atoms. The summed E-state index contributed by atoms with van der Waals surface area (Å²) in [7, 11) is 3.20. The Morgan fingerprint density at radius 3 is 2.73 bits per heavy atom. The Balaban J connectivity index is 2.22. The molecule has 0 spiro atoms. The number of nitrogens with zero attached hydrogens (tertiary/aromatic N) is 3. The second-order valence-electron chi connectivity index (χ2n) is 5.67. The third-order valence-electron chi connectivity index (χ3n) is 3.68. The van der Waals surface area contributed by atoms with Crippen LogP contribution in [0.1, 0.15) is 25.7 Å². The molecule has 1 aromatic heterocycles. The number of rotatable bonds is 9. The van der Waals surface area contributed by atoms with Crippen molar-refractivity contribution in [2.45, 2.75) is 36.9 Å². The van der Waals surface area contributed by atoms with E-state index >= 15 is 0 Å². The highest BCUT2D eigenvalue weighted by Gasteiger charge is 2.22. The predicted octanol–water partition coefficient (Wildman–Crippen LogP) is 2.43. The lowest BCUT2D eigenvalue weighted by molar-refractivity contribution is -0.119. The number of nitrogens with one attached hydrogen (secondary N) is 1. The molecule has 0 aliphatic carbocycles. The van der Waals surface area contributed by atoms with E-state index in [1.807, 2.05) is 11.5 Å². The number of thioether (sulfide) groups is 1. The Morgan fingerprint density at radius 1 is 1.35 bits per heavy atom. The molecule has 2 aromatic rings. The fourth-order valence-electron chi connectivity index (χ4n) is 2.36. The van der Waals surface area contributed by atoms with Crippen molar-refractivity contribution in [1.29, 1.82) is 0 Å². The zero-order valence-electron chi connectivity index (χ0n) is 15.2. The van der Waals surface area contributed by atoms with Gasteiger partial charge in [0.2, 0.25) is 5.91 Å². The Labute approximate surface area is 156 Å². The maximum atomic E-state index is 13.7. The van der Waals surface area contributed by atoms with Gasteiger partial charge in [-0.15, -0.1) is 10.2 Å². The molecule has 142 valence electrons. The van der Waals surface area contributed by atoms with Crippen LogP contribution < -0.4 is 10.1 Å². The molecule has 0 fully saturated rings. The van der Waals surface area contributed by atoms with E-state index in [-0.39, 0.29) is 29.6 Å². The minimum atomic E-state index is -0.439. The van der Waals surface area contributed by atoms with Crippen molar-refractivity contribution in [1.82, 2.24) is 20.1 Å². The number of aromatic nitrogens is 3. The molecule has 0 unspecified atom stereocenters. The number of hydrogen-bond donors (Lipinski definition) is 1. The Hall–Kier alpha value is -2.13. The number of ether oxygens (including phenoxy) is 2. The van der Waals surface area contributed by atoms with Crippen LogP contribution in [0, 0.1) is 5.82 Å². The fourth-order valence-corrected chi connectivity index (χ4v) is 3.39. The van der Waals surface area contributed by atoms with Gasteiger partial charge in [0, 0.05) is 14.2 Å². The van der Waals surface area contributed by atoms with Crippen LogP contribution in [0.2, 0.25) is 0 Å². The van der Waals surface area contributed by atoms with Gasteiger partial charge in [0.1, 0.15) is 6.61 Å². The van der Waals surface area contributed by atoms with E-state index in [0.29, 0.717) is 17.6 Å². The maximum absolute atomic E-state index is 13.7. The largest absolute Gasteiger partial charge is 0.483 e.